The molecule has 0 aromatic heterocycles. The number of aryl methyl sites for hydroxylation is 2. The number of carbonyl (C=O) groups is 1. The van der Waals surface area contributed by atoms with Gasteiger partial charge in [0.25, 0.3) is 0 Å². The van der Waals surface area contributed by atoms with E-state index in [-0.39, 0.29) is 11.9 Å². The molecule has 1 fully saturated rings. The molecule has 1 aliphatic rings. The zero-order valence-electron chi connectivity index (χ0n) is 12.2. The Balaban J connectivity index is 1.88. The van der Waals surface area contributed by atoms with Crippen molar-refractivity contribution in [2.75, 3.05) is 13.1 Å². The number of carbonyl (C=O) groups excluding carboxylic acids is 1. The molecule has 0 bridgehead atoms. The third-order valence-corrected chi connectivity index (χ3v) is 3.88. The highest BCUT2D eigenvalue weighted by Crippen LogP contribution is 2.12. The zero-order chi connectivity index (χ0) is 13.8. The Morgan fingerprint density at radius 1 is 1.32 bits per heavy atom. The number of benzene rings is 1. The van der Waals surface area contributed by atoms with E-state index in [1.165, 1.54) is 16.7 Å². The number of likely N-dealkylation sites (tertiary alicyclic amines) is 1. The molecule has 2 rings (SSSR count). The quantitative estimate of drug-likeness (QED) is 0.901. The van der Waals surface area contributed by atoms with Crippen LogP contribution in [0.1, 0.15) is 36.5 Å². The van der Waals surface area contributed by atoms with E-state index in [1.54, 1.807) is 0 Å². The second-order valence-corrected chi connectivity index (χ2v) is 5.56. The predicted molar refractivity (Wildman–Crippen MR) is 78.0 cm³/mol. The van der Waals surface area contributed by atoms with Crippen LogP contribution < -0.4 is 5.32 Å². The van der Waals surface area contributed by atoms with Crippen molar-refractivity contribution in [2.24, 2.45) is 0 Å². The maximum Gasteiger partial charge on any atom is 0.239 e. The van der Waals surface area contributed by atoms with Gasteiger partial charge in [-0.2, -0.15) is 0 Å². The molecule has 0 saturated carbocycles. The molecule has 0 spiro atoms. The van der Waals surface area contributed by atoms with E-state index >= 15 is 0 Å². The molecule has 3 nitrogen and oxygen atoms in total. The summed E-state index contributed by atoms with van der Waals surface area (Å²) in [6.45, 7) is 8.79. The molecular weight excluding hydrogens is 236 g/mol. The van der Waals surface area contributed by atoms with E-state index in [1.807, 2.05) is 11.8 Å². The first-order valence-electron chi connectivity index (χ1n) is 7.16. The fourth-order valence-electron chi connectivity index (χ4n) is 2.61. The highest BCUT2D eigenvalue weighted by atomic mass is 16.2. The normalized spacial score (nSPS) is 16.7. The lowest BCUT2D eigenvalue weighted by atomic mass is 10.1. The van der Waals surface area contributed by atoms with E-state index in [9.17, 15) is 4.79 Å². The summed E-state index contributed by atoms with van der Waals surface area (Å²) < 4.78 is 0. The van der Waals surface area contributed by atoms with Crippen LogP contribution in [0, 0.1) is 13.8 Å². The highest BCUT2D eigenvalue weighted by molar-refractivity contribution is 5.81. The summed E-state index contributed by atoms with van der Waals surface area (Å²) in [7, 11) is 0. The number of rotatable bonds is 4. The minimum atomic E-state index is -0.0983. The van der Waals surface area contributed by atoms with Crippen molar-refractivity contribution in [2.45, 2.75) is 46.2 Å². The summed E-state index contributed by atoms with van der Waals surface area (Å²) in [4.78, 5) is 14.1. The van der Waals surface area contributed by atoms with Crippen LogP contribution in [0.15, 0.2) is 18.2 Å². The fourth-order valence-corrected chi connectivity index (χ4v) is 2.61. The van der Waals surface area contributed by atoms with Crippen LogP contribution >= 0.6 is 0 Å². The van der Waals surface area contributed by atoms with Crippen molar-refractivity contribution in [3.05, 3.63) is 34.9 Å². The van der Waals surface area contributed by atoms with E-state index < -0.39 is 0 Å². The lowest BCUT2D eigenvalue weighted by Crippen LogP contribution is -2.43. The van der Waals surface area contributed by atoms with Gasteiger partial charge < -0.3 is 10.2 Å². The second-order valence-electron chi connectivity index (χ2n) is 5.56. The molecule has 1 amide bonds. The Morgan fingerprint density at radius 2 is 2.00 bits per heavy atom. The van der Waals surface area contributed by atoms with Gasteiger partial charge in [0.05, 0.1) is 6.04 Å². The topological polar surface area (TPSA) is 32.3 Å². The van der Waals surface area contributed by atoms with Crippen LogP contribution in [0.4, 0.5) is 0 Å². The summed E-state index contributed by atoms with van der Waals surface area (Å²) in [6, 6.07) is 6.35. The van der Waals surface area contributed by atoms with Gasteiger partial charge in [0.15, 0.2) is 0 Å². The summed E-state index contributed by atoms with van der Waals surface area (Å²) >= 11 is 0. The molecular formula is C16H24N2O. The second kappa shape index (κ2) is 6.20. The number of nitrogens with one attached hydrogen (secondary N) is 1. The molecule has 1 N–H and O–H groups in total. The highest BCUT2D eigenvalue weighted by Gasteiger charge is 2.22. The lowest BCUT2D eigenvalue weighted by molar-refractivity contribution is -0.131. The first kappa shape index (κ1) is 14.1. The first-order valence-corrected chi connectivity index (χ1v) is 7.16. The van der Waals surface area contributed by atoms with Gasteiger partial charge in [-0.1, -0.05) is 23.8 Å². The lowest BCUT2D eigenvalue weighted by Gasteiger charge is -2.21. The standard InChI is InChI=1S/C16H24N2O/c1-12-6-7-15(13(2)10-12)11-17-14(3)16(19)18-8-4-5-9-18/h6-7,10,14,17H,4-5,8-9,11H2,1-3H3. The van der Waals surface area contributed by atoms with Crippen LogP contribution in [0.25, 0.3) is 0 Å². The predicted octanol–water partition coefficient (Wildman–Crippen LogP) is 2.40. The Bertz CT molecular complexity index is 450. The van der Waals surface area contributed by atoms with Crippen molar-refractivity contribution in [1.82, 2.24) is 10.2 Å². The zero-order valence-corrected chi connectivity index (χ0v) is 12.2. The number of hydrogen-bond donors (Lipinski definition) is 1. The molecule has 0 aliphatic carbocycles. The largest absolute Gasteiger partial charge is 0.341 e. The van der Waals surface area contributed by atoms with Gasteiger partial charge in [-0.25, -0.2) is 0 Å². The van der Waals surface area contributed by atoms with Crippen LogP contribution in [-0.4, -0.2) is 29.9 Å². The van der Waals surface area contributed by atoms with Crippen molar-refractivity contribution < 1.29 is 4.79 Å². The van der Waals surface area contributed by atoms with E-state index in [0.717, 1.165) is 32.5 Å². The van der Waals surface area contributed by atoms with Crippen LogP contribution in [-0.2, 0) is 11.3 Å². The Kier molecular flexibility index (Phi) is 4.59. The van der Waals surface area contributed by atoms with Crippen LogP contribution in [0.5, 0.6) is 0 Å². The van der Waals surface area contributed by atoms with E-state index in [2.05, 4.69) is 37.4 Å². The average molecular weight is 260 g/mol. The number of hydrogen-bond acceptors (Lipinski definition) is 2. The monoisotopic (exact) mass is 260 g/mol. The van der Waals surface area contributed by atoms with Crippen LogP contribution in [0.3, 0.4) is 0 Å². The minimum Gasteiger partial charge on any atom is -0.341 e. The van der Waals surface area contributed by atoms with Gasteiger partial charge in [0, 0.05) is 19.6 Å². The molecule has 19 heavy (non-hydrogen) atoms. The molecule has 0 radical (unpaired) electrons. The summed E-state index contributed by atoms with van der Waals surface area (Å²) in [6.07, 6.45) is 2.30. The maximum atomic E-state index is 12.2. The van der Waals surface area contributed by atoms with Gasteiger partial charge in [-0.05, 0) is 44.7 Å². The van der Waals surface area contributed by atoms with Crippen LogP contribution in [0.2, 0.25) is 0 Å². The molecule has 1 aliphatic heterocycles. The molecule has 1 saturated heterocycles. The van der Waals surface area contributed by atoms with Gasteiger partial charge in [0.1, 0.15) is 0 Å². The van der Waals surface area contributed by atoms with E-state index in [4.69, 9.17) is 0 Å². The third kappa shape index (κ3) is 3.57. The van der Waals surface area contributed by atoms with Gasteiger partial charge >= 0.3 is 0 Å². The maximum absolute atomic E-state index is 12.2. The molecule has 1 aromatic rings. The minimum absolute atomic E-state index is 0.0983. The van der Waals surface area contributed by atoms with Gasteiger partial charge in [-0.15, -0.1) is 0 Å². The van der Waals surface area contributed by atoms with Gasteiger partial charge in [0.2, 0.25) is 5.91 Å². The first-order chi connectivity index (χ1) is 9.08. The SMILES string of the molecule is Cc1ccc(CNC(C)C(=O)N2CCCC2)c(C)c1. The van der Waals surface area contributed by atoms with Crippen molar-refractivity contribution >= 4 is 5.91 Å². The smallest absolute Gasteiger partial charge is 0.239 e. The fraction of sp³-hybridized carbons (Fsp3) is 0.562. The summed E-state index contributed by atoms with van der Waals surface area (Å²) in [5, 5.41) is 3.34. The third-order valence-electron chi connectivity index (χ3n) is 3.88. The molecule has 1 aromatic carbocycles. The Morgan fingerprint density at radius 3 is 2.63 bits per heavy atom. The van der Waals surface area contributed by atoms with Gasteiger partial charge in [-0.3, -0.25) is 4.79 Å². The average Bonchev–Trinajstić information content (AvgIpc) is 2.90. The molecule has 3 heteroatoms. The Hall–Kier alpha value is -1.35. The molecule has 104 valence electrons. The molecule has 1 atom stereocenters. The molecule has 1 heterocycles. The van der Waals surface area contributed by atoms with Crippen molar-refractivity contribution in [3.63, 3.8) is 0 Å². The number of amides is 1. The van der Waals surface area contributed by atoms with Crippen molar-refractivity contribution in [1.29, 1.82) is 0 Å². The van der Waals surface area contributed by atoms with E-state index in [0.29, 0.717) is 0 Å². The summed E-state index contributed by atoms with van der Waals surface area (Å²) in [5.74, 6) is 0.238. The summed E-state index contributed by atoms with van der Waals surface area (Å²) in [5.41, 5.74) is 3.84. The number of nitrogens with zero attached hydrogens (tertiary/aromatic N) is 1. The van der Waals surface area contributed by atoms with Crippen molar-refractivity contribution in [3.8, 4) is 0 Å². The molecule has 1 unspecified atom stereocenters. The Labute approximate surface area is 116 Å².